The zero-order valence-electron chi connectivity index (χ0n) is 10.1. The summed E-state index contributed by atoms with van der Waals surface area (Å²) in [7, 11) is 0. The first-order valence-corrected chi connectivity index (χ1v) is 6.73. The second-order valence-corrected chi connectivity index (χ2v) is 5.84. The minimum atomic E-state index is -0.160. The van der Waals surface area contributed by atoms with Crippen LogP contribution in [-0.2, 0) is 0 Å². The van der Waals surface area contributed by atoms with Crippen LogP contribution in [0.25, 0.3) is 0 Å². The molecule has 0 bridgehead atoms. The van der Waals surface area contributed by atoms with Gasteiger partial charge in [0.1, 0.15) is 0 Å². The van der Waals surface area contributed by atoms with Crippen LogP contribution in [0, 0.1) is 16.7 Å². The normalized spacial score (nSPS) is 17.1. The van der Waals surface area contributed by atoms with Gasteiger partial charge in [-0.05, 0) is 32.1 Å². The second kappa shape index (κ2) is 4.57. The van der Waals surface area contributed by atoms with Crippen LogP contribution in [0.2, 0.25) is 0 Å². The number of nitrogens with one attached hydrogen (secondary N) is 1. The largest absolute Gasteiger partial charge is 0.344 e. The molecule has 92 valence electrons. The molecule has 1 fully saturated rings. The van der Waals surface area contributed by atoms with E-state index in [9.17, 15) is 4.79 Å². The van der Waals surface area contributed by atoms with Crippen molar-refractivity contribution < 1.29 is 0 Å². The number of rotatable bonds is 5. The SMILES string of the molecule is CC(C)n1c(SCC2(CC#N)CC2)n[nH]c1=O. The monoisotopic (exact) mass is 252 g/mol. The van der Waals surface area contributed by atoms with E-state index in [2.05, 4.69) is 16.3 Å². The van der Waals surface area contributed by atoms with Crippen LogP contribution in [0.1, 0.15) is 39.2 Å². The molecule has 5 nitrogen and oxygen atoms in total. The van der Waals surface area contributed by atoms with Gasteiger partial charge in [0.15, 0.2) is 5.16 Å². The average molecular weight is 252 g/mol. The molecule has 1 N–H and O–H groups in total. The molecule has 0 aliphatic heterocycles. The Morgan fingerprint density at radius 3 is 2.88 bits per heavy atom. The molecule has 1 aliphatic carbocycles. The summed E-state index contributed by atoms with van der Waals surface area (Å²) in [4.78, 5) is 11.5. The molecular weight excluding hydrogens is 236 g/mol. The molecule has 2 rings (SSSR count). The lowest BCUT2D eigenvalue weighted by Gasteiger charge is -2.11. The molecular formula is C11H16N4OS. The number of nitriles is 1. The van der Waals surface area contributed by atoms with Gasteiger partial charge in [-0.25, -0.2) is 9.89 Å². The highest BCUT2D eigenvalue weighted by Crippen LogP contribution is 2.51. The van der Waals surface area contributed by atoms with Crippen LogP contribution in [0.5, 0.6) is 0 Å². The number of hydrogen-bond acceptors (Lipinski definition) is 4. The molecule has 0 radical (unpaired) electrons. The molecule has 1 heterocycles. The summed E-state index contributed by atoms with van der Waals surface area (Å²) in [6.45, 7) is 3.92. The Morgan fingerprint density at radius 1 is 1.65 bits per heavy atom. The Morgan fingerprint density at radius 2 is 2.35 bits per heavy atom. The van der Waals surface area contributed by atoms with Crippen molar-refractivity contribution in [1.29, 1.82) is 5.26 Å². The second-order valence-electron chi connectivity index (χ2n) is 4.90. The summed E-state index contributed by atoms with van der Waals surface area (Å²) in [5.41, 5.74) is 0.0172. The lowest BCUT2D eigenvalue weighted by atomic mass is 10.1. The van der Waals surface area contributed by atoms with Crippen molar-refractivity contribution in [2.24, 2.45) is 5.41 Å². The third-order valence-corrected chi connectivity index (χ3v) is 4.41. The van der Waals surface area contributed by atoms with Crippen LogP contribution < -0.4 is 5.69 Å². The highest BCUT2D eigenvalue weighted by molar-refractivity contribution is 7.99. The molecule has 0 saturated heterocycles. The van der Waals surface area contributed by atoms with E-state index < -0.39 is 0 Å². The van der Waals surface area contributed by atoms with Crippen molar-refractivity contribution in [3.05, 3.63) is 10.5 Å². The number of nitrogens with zero attached hydrogens (tertiary/aromatic N) is 3. The van der Waals surface area contributed by atoms with Crippen molar-refractivity contribution in [3.63, 3.8) is 0 Å². The fourth-order valence-corrected chi connectivity index (χ4v) is 3.15. The quantitative estimate of drug-likeness (QED) is 0.813. The summed E-state index contributed by atoms with van der Waals surface area (Å²) in [6, 6.07) is 2.35. The Bertz CT molecular complexity index is 492. The van der Waals surface area contributed by atoms with E-state index in [4.69, 9.17) is 5.26 Å². The first kappa shape index (κ1) is 12.2. The number of hydrogen-bond donors (Lipinski definition) is 1. The fourth-order valence-electron chi connectivity index (χ4n) is 1.78. The zero-order valence-corrected chi connectivity index (χ0v) is 10.9. The van der Waals surface area contributed by atoms with Gasteiger partial charge in [-0.2, -0.15) is 5.26 Å². The van der Waals surface area contributed by atoms with Crippen molar-refractivity contribution in [3.8, 4) is 6.07 Å². The maximum atomic E-state index is 11.5. The van der Waals surface area contributed by atoms with Gasteiger partial charge in [0.2, 0.25) is 0 Å². The molecule has 0 amide bonds. The molecule has 0 unspecified atom stereocenters. The lowest BCUT2D eigenvalue weighted by Crippen LogP contribution is -2.19. The summed E-state index contributed by atoms with van der Waals surface area (Å²) in [6.07, 6.45) is 2.84. The highest BCUT2D eigenvalue weighted by Gasteiger charge is 2.42. The van der Waals surface area contributed by atoms with Gasteiger partial charge in [-0.3, -0.25) is 4.57 Å². The van der Waals surface area contributed by atoms with E-state index in [0.717, 1.165) is 23.8 Å². The minimum absolute atomic E-state index is 0.106. The number of H-pyrrole nitrogens is 1. The van der Waals surface area contributed by atoms with Crippen LogP contribution in [0.15, 0.2) is 9.95 Å². The molecule has 1 aromatic rings. The number of aromatic amines is 1. The zero-order chi connectivity index (χ0) is 12.5. The van der Waals surface area contributed by atoms with Crippen molar-refractivity contribution in [2.75, 3.05) is 5.75 Å². The van der Waals surface area contributed by atoms with E-state index in [1.165, 1.54) is 0 Å². The van der Waals surface area contributed by atoms with E-state index in [-0.39, 0.29) is 17.1 Å². The van der Waals surface area contributed by atoms with Gasteiger partial charge in [-0.1, -0.05) is 11.8 Å². The van der Waals surface area contributed by atoms with Crippen LogP contribution in [0.3, 0.4) is 0 Å². The smallest absolute Gasteiger partial charge is 0.268 e. The predicted molar refractivity (Wildman–Crippen MR) is 65.9 cm³/mol. The molecule has 1 aliphatic rings. The maximum Gasteiger partial charge on any atom is 0.344 e. The lowest BCUT2D eigenvalue weighted by molar-refractivity contribution is 0.531. The topological polar surface area (TPSA) is 74.5 Å². The molecule has 0 aromatic carbocycles. The van der Waals surface area contributed by atoms with E-state index in [0.29, 0.717) is 6.42 Å². The van der Waals surface area contributed by atoms with Gasteiger partial charge in [0.05, 0.1) is 6.07 Å². The summed E-state index contributed by atoms with van der Waals surface area (Å²) in [5.74, 6) is 0.873. The summed E-state index contributed by atoms with van der Waals surface area (Å²) >= 11 is 1.58. The highest BCUT2D eigenvalue weighted by atomic mass is 32.2. The molecule has 1 saturated carbocycles. The standard InChI is InChI=1S/C11H16N4OS/c1-8(2)15-9(16)13-14-10(15)17-7-11(3-4-11)5-6-12/h8H,3-5,7H2,1-2H3,(H,13,16). The summed E-state index contributed by atoms with van der Waals surface area (Å²) in [5, 5.41) is 16.0. The molecule has 0 atom stereocenters. The Balaban J connectivity index is 2.05. The third-order valence-electron chi connectivity index (χ3n) is 3.11. The number of thioether (sulfide) groups is 1. The van der Waals surface area contributed by atoms with Gasteiger partial charge in [-0.15, -0.1) is 5.10 Å². The van der Waals surface area contributed by atoms with E-state index in [1.54, 1.807) is 16.3 Å². The Hall–Kier alpha value is -1.22. The Labute approximate surface area is 104 Å². The van der Waals surface area contributed by atoms with Crippen molar-refractivity contribution >= 4 is 11.8 Å². The van der Waals surface area contributed by atoms with Gasteiger partial charge < -0.3 is 0 Å². The van der Waals surface area contributed by atoms with Gasteiger partial charge in [0, 0.05) is 18.2 Å². The summed E-state index contributed by atoms with van der Waals surface area (Å²) < 4.78 is 1.66. The Kier molecular flexibility index (Phi) is 3.29. The number of aromatic nitrogens is 3. The van der Waals surface area contributed by atoms with Crippen molar-refractivity contribution in [2.45, 2.75) is 44.3 Å². The molecule has 0 spiro atoms. The van der Waals surface area contributed by atoms with E-state index >= 15 is 0 Å². The van der Waals surface area contributed by atoms with Gasteiger partial charge >= 0.3 is 5.69 Å². The maximum absolute atomic E-state index is 11.5. The van der Waals surface area contributed by atoms with Crippen LogP contribution in [-0.4, -0.2) is 20.5 Å². The molecule has 6 heteroatoms. The van der Waals surface area contributed by atoms with Crippen molar-refractivity contribution in [1.82, 2.24) is 14.8 Å². The molecule has 1 aromatic heterocycles. The predicted octanol–water partition coefficient (Wildman–Crippen LogP) is 1.94. The van der Waals surface area contributed by atoms with E-state index in [1.807, 2.05) is 13.8 Å². The first-order chi connectivity index (χ1) is 8.08. The van der Waals surface area contributed by atoms with Crippen LogP contribution in [0.4, 0.5) is 0 Å². The fraction of sp³-hybridized carbons (Fsp3) is 0.727. The van der Waals surface area contributed by atoms with Crippen LogP contribution >= 0.6 is 11.8 Å². The van der Waals surface area contributed by atoms with Gasteiger partial charge in [0.25, 0.3) is 0 Å². The first-order valence-electron chi connectivity index (χ1n) is 5.75. The minimum Gasteiger partial charge on any atom is -0.268 e. The average Bonchev–Trinajstić information content (AvgIpc) is 2.92. The molecule has 17 heavy (non-hydrogen) atoms. The third kappa shape index (κ3) is 2.55.